The second-order valence-corrected chi connectivity index (χ2v) is 4.32. The summed E-state index contributed by atoms with van der Waals surface area (Å²) in [7, 11) is 0. The van der Waals surface area contributed by atoms with Crippen molar-refractivity contribution in [2.75, 3.05) is 5.32 Å². The molecule has 0 aliphatic heterocycles. The van der Waals surface area contributed by atoms with Crippen LogP contribution in [0.3, 0.4) is 0 Å². The topological polar surface area (TPSA) is 42.0 Å². The van der Waals surface area contributed by atoms with Crippen LogP contribution in [0.25, 0.3) is 0 Å². The second-order valence-electron chi connectivity index (χ2n) is 3.96. The summed E-state index contributed by atoms with van der Waals surface area (Å²) >= 11 is 5.42. The molecule has 0 radical (unpaired) electrons. The summed E-state index contributed by atoms with van der Waals surface area (Å²) in [5.41, 5.74) is -1.99. The minimum absolute atomic E-state index is 0.470. The molecule has 0 saturated carbocycles. The molecule has 2 aromatic rings. The number of aromatic nitrogens is 1. The van der Waals surface area contributed by atoms with Gasteiger partial charge >= 0.3 is 6.18 Å². The van der Waals surface area contributed by atoms with Gasteiger partial charge in [0.25, 0.3) is 5.91 Å². The number of carbonyl (C=O) groups is 1. The number of amides is 1. The van der Waals surface area contributed by atoms with Gasteiger partial charge in [-0.25, -0.2) is 9.37 Å². The molecule has 1 N–H and O–H groups in total. The highest BCUT2D eigenvalue weighted by molar-refractivity contribution is 6.30. The highest BCUT2D eigenvalue weighted by Gasteiger charge is 2.33. The number of hydrogen-bond donors (Lipinski definition) is 1. The van der Waals surface area contributed by atoms with Crippen molar-refractivity contribution in [3.63, 3.8) is 0 Å². The van der Waals surface area contributed by atoms with Gasteiger partial charge in [0.05, 0.1) is 16.8 Å². The molecular weight excluding hydrogens is 312 g/mol. The van der Waals surface area contributed by atoms with E-state index in [-0.39, 0.29) is 0 Å². The van der Waals surface area contributed by atoms with Crippen molar-refractivity contribution in [3.05, 3.63) is 58.6 Å². The zero-order chi connectivity index (χ0) is 15.6. The Morgan fingerprint density at radius 3 is 2.52 bits per heavy atom. The van der Waals surface area contributed by atoms with Crippen LogP contribution < -0.4 is 5.32 Å². The highest BCUT2D eigenvalue weighted by Crippen LogP contribution is 2.34. The van der Waals surface area contributed by atoms with E-state index >= 15 is 0 Å². The molecule has 1 aromatic carbocycles. The van der Waals surface area contributed by atoms with Crippen LogP contribution in [0, 0.1) is 5.82 Å². The van der Waals surface area contributed by atoms with Crippen LogP contribution in [-0.2, 0) is 6.18 Å². The average Bonchev–Trinajstić information content (AvgIpc) is 2.41. The van der Waals surface area contributed by atoms with Gasteiger partial charge in [0.15, 0.2) is 11.0 Å². The molecule has 0 saturated heterocycles. The summed E-state index contributed by atoms with van der Waals surface area (Å²) < 4.78 is 52.0. The van der Waals surface area contributed by atoms with Crippen molar-refractivity contribution in [1.29, 1.82) is 0 Å². The SMILES string of the molecule is O=C(Nc1ccccc1C(F)(F)F)c1ccnc(Cl)c1F. The number of nitrogens with zero attached hydrogens (tertiary/aromatic N) is 1. The lowest BCUT2D eigenvalue weighted by Crippen LogP contribution is -2.18. The standard InChI is InChI=1S/C13H7ClF4N2O/c14-11-10(15)7(5-6-19-11)12(21)20-9-4-2-1-3-8(9)13(16,17)18/h1-6H,(H,20,21). The Balaban J connectivity index is 2.35. The van der Waals surface area contributed by atoms with Crippen LogP contribution in [0.2, 0.25) is 5.15 Å². The van der Waals surface area contributed by atoms with Crippen LogP contribution in [0.1, 0.15) is 15.9 Å². The number of carbonyl (C=O) groups excluding carboxylic acids is 1. The molecule has 1 aromatic heterocycles. The number of rotatable bonds is 2. The fraction of sp³-hybridized carbons (Fsp3) is 0.0769. The molecule has 0 fully saturated rings. The van der Waals surface area contributed by atoms with Gasteiger partial charge in [-0.2, -0.15) is 13.2 Å². The molecule has 2 rings (SSSR count). The maximum absolute atomic E-state index is 13.6. The summed E-state index contributed by atoms with van der Waals surface area (Å²) in [4.78, 5) is 15.3. The summed E-state index contributed by atoms with van der Waals surface area (Å²) in [6, 6.07) is 5.41. The van der Waals surface area contributed by atoms with Gasteiger partial charge in [0.2, 0.25) is 0 Å². The molecule has 21 heavy (non-hydrogen) atoms. The van der Waals surface area contributed by atoms with E-state index in [2.05, 4.69) is 4.98 Å². The maximum Gasteiger partial charge on any atom is 0.418 e. The zero-order valence-electron chi connectivity index (χ0n) is 10.2. The highest BCUT2D eigenvalue weighted by atomic mass is 35.5. The predicted molar refractivity (Wildman–Crippen MR) is 68.6 cm³/mol. The van der Waals surface area contributed by atoms with Crippen molar-refractivity contribution in [2.24, 2.45) is 0 Å². The largest absolute Gasteiger partial charge is 0.418 e. The zero-order valence-corrected chi connectivity index (χ0v) is 11.0. The maximum atomic E-state index is 13.6. The van der Waals surface area contributed by atoms with E-state index in [0.29, 0.717) is 0 Å². The molecule has 1 heterocycles. The third-order valence-electron chi connectivity index (χ3n) is 2.57. The van der Waals surface area contributed by atoms with Gasteiger partial charge in [-0.3, -0.25) is 4.79 Å². The Labute approximate surface area is 121 Å². The monoisotopic (exact) mass is 318 g/mol. The van der Waals surface area contributed by atoms with Gasteiger partial charge in [-0.15, -0.1) is 0 Å². The first kappa shape index (κ1) is 15.2. The number of pyridine rings is 1. The lowest BCUT2D eigenvalue weighted by molar-refractivity contribution is -0.136. The minimum atomic E-state index is -4.64. The third-order valence-corrected chi connectivity index (χ3v) is 2.84. The number of hydrogen-bond acceptors (Lipinski definition) is 2. The molecule has 0 spiro atoms. The Morgan fingerprint density at radius 1 is 1.19 bits per heavy atom. The van der Waals surface area contributed by atoms with E-state index < -0.39 is 39.9 Å². The summed E-state index contributed by atoms with van der Waals surface area (Å²) in [5.74, 6) is -2.14. The number of nitrogens with one attached hydrogen (secondary N) is 1. The van der Waals surface area contributed by atoms with E-state index in [1.54, 1.807) is 0 Å². The Kier molecular flexibility index (Phi) is 4.13. The van der Waals surface area contributed by atoms with Crippen LogP contribution in [0.5, 0.6) is 0 Å². The second kappa shape index (κ2) is 5.69. The number of para-hydroxylation sites is 1. The fourth-order valence-electron chi connectivity index (χ4n) is 1.62. The molecule has 0 aliphatic rings. The Morgan fingerprint density at radius 2 is 1.86 bits per heavy atom. The number of halogens is 5. The average molecular weight is 319 g/mol. The summed E-state index contributed by atoms with van der Waals surface area (Å²) in [6.07, 6.45) is -3.56. The Hall–Kier alpha value is -2.15. The number of alkyl halides is 3. The van der Waals surface area contributed by atoms with Crippen LogP contribution in [0.4, 0.5) is 23.2 Å². The third kappa shape index (κ3) is 3.30. The normalized spacial score (nSPS) is 11.3. The first-order chi connectivity index (χ1) is 9.80. The van der Waals surface area contributed by atoms with Crippen molar-refractivity contribution >= 4 is 23.2 Å². The molecule has 3 nitrogen and oxygen atoms in total. The molecule has 0 atom stereocenters. The van der Waals surface area contributed by atoms with E-state index in [0.717, 1.165) is 24.4 Å². The molecule has 110 valence electrons. The van der Waals surface area contributed by atoms with Crippen molar-refractivity contribution < 1.29 is 22.4 Å². The van der Waals surface area contributed by atoms with Crippen LogP contribution in [0.15, 0.2) is 36.5 Å². The Bertz CT molecular complexity index is 688. The molecular formula is C13H7ClF4N2O. The fourth-order valence-corrected chi connectivity index (χ4v) is 1.78. The van der Waals surface area contributed by atoms with Gasteiger partial charge in [-0.05, 0) is 18.2 Å². The van der Waals surface area contributed by atoms with Gasteiger partial charge in [0, 0.05) is 6.20 Å². The summed E-state index contributed by atoms with van der Waals surface area (Å²) in [6.45, 7) is 0. The van der Waals surface area contributed by atoms with Gasteiger partial charge in [-0.1, -0.05) is 23.7 Å². The minimum Gasteiger partial charge on any atom is -0.321 e. The number of benzene rings is 1. The van der Waals surface area contributed by atoms with E-state index in [1.807, 2.05) is 5.32 Å². The molecule has 8 heteroatoms. The van der Waals surface area contributed by atoms with Gasteiger partial charge < -0.3 is 5.32 Å². The molecule has 0 aliphatic carbocycles. The first-order valence-electron chi connectivity index (χ1n) is 5.58. The first-order valence-corrected chi connectivity index (χ1v) is 5.96. The van der Waals surface area contributed by atoms with Gasteiger partial charge in [0.1, 0.15) is 0 Å². The number of anilines is 1. The lowest BCUT2D eigenvalue weighted by atomic mass is 10.1. The van der Waals surface area contributed by atoms with Crippen LogP contribution >= 0.6 is 11.6 Å². The molecule has 0 bridgehead atoms. The lowest BCUT2D eigenvalue weighted by Gasteiger charge is -2.13. The van der Waals surface area contributed by atoms with Crippen molar-refractivity contribution in [3.8, 4) is 0 Å². The summed E-state index contributed by atoms with van der Waals surface area (Å²) in [5, 5.41) is 1.48. The van der Waals surface area contributed by atoms with E-state index in [1.165, 1.54) is 12.1 Å². The quantitative estimate of drug-likeness (QED) is 0.668. The van der Waals surface area contributed by atoms with Crippen molar-refractivity contribution in [1.82, 2.24) is 4.98 Å². The van der Waals surface area contributed by atoms with Crippen molar-refractivity contribution in [2.45, 2.75) is 6.18 Å². The molecule has 0 unspecified atom stereocenters. The van der Waals surface area contributed by atoms with Crippen LogP contribution in [-0.4, -0.2) is 10.9 Å². The van der Waals surface area contributed by atoms with E-state index in [9.17, 15) is 22.4 Å². The predicted octanol–water partition coefficient (Wildman–Crippen LogP) is 4.15. The molecule has 1 amide bonds. The van der Waals surface area contributed by atoms with E-state index in [4.69, 9.17) is 11.6 Å². The smallest absolute Gasteiger partial charge is 0.321 e.